The van der Waals surface area contributed by atoms with E-state index < -0.39 is 18.2 Å². The number of likely N-dealkylation sites (tertiary alicyclic amines) is 2. The molecule has 5 aromatic rings. The Morgan fingerprint density at radius 1 is 0.695 bits per heavy atom. The van der Waals surface area contributed by atoms with Crippen molar-refractivity contribution in [1.82, 2.24) is 45.0 Å². The molecular formula is C45H54N10O4. The number of amides is 3. The van der Waals surface area contributed by atoms with Crippen molar-refractivity contribution in [2.45, 2.75) is 96.8 Å². The number of nitrogens with zero attached hydrogens (tertiary/aromatic N) is 6. The number of aromatic amines is 2. The van der Waals surface area contributed by atoms with E-state index in [0.717, 1.165) is 84.7 Å². The first-order valence-electron chi connectivity index (χ1n) is 21.0. The average molecular weight is 799 g/mol. The van der Waals surface area contributed by atoms with E-state index in [1.165, 1.54) is 23.8 Å². The van der Waals surface area contributed by atoms with Crippen LogP contribution in [0.5, 0.6) is 0 Å². The Hall–Kier alpha value is -6.05. The van der Waals surface area contributed by atoms with Crippen molar-refractivity contribution in [2.24, 2.45) is 11.8 Å². The van der Waals surface area contributed by atoms with Crippen LogP contribution in [0.3, 0.4) is 0 Å². The fourth-order valence-electron chi connectivity index (χ4n) is 9.07. The Balaban J connectivity index is 0.971. The van der Waals surface area contributed by atoms with Gasteiger partial charge in [0.2, 0.25) is 17.8 Å². The van der Waals surface area contributed by atoms with Gasteiger partial charge < -0.3 is 35.1 Å². The third-order valence-electron chi connectivity index (χ3n) is 12.2. The van der Waals surface area contributed by atoms with Gasteiger partial charge in [0.15, 0.2) is 0 Å². The van der Waals surface area contributed by atoms with Crippen molar-refractivity contribution in [3.63, 3.8) is 0 Å². The zero-order chi connectivity index (χ0) is 41.2. The smallest absolute Gasteiger partial charge is 0.407 e. The highest BCUT2D eigenvalue weighted by Crippen LogP contribution is 2.40. The van der Waals surface area contributed by atoms with Crippen LogP contribution in [0.1, 0.15) is 94.7 Å². The van der Waals surface area contributed by atoms with Gasteiger partial charge >= 0.3 is 6.09 Å². The zero-order valence-corrected chi connectivity index (χ0v) is 34.5. The van der Waals surface area contributed by atoms with Gasteiger partial charge in [-0.05, 0) is 90.7 Å². The number of H-pyrrole nitrogens is 2. The van der Waals surface area contributed by atoms with Crippen molar-refractivity contribution >= 4 is 23.9 Å². The molecule has 4 atom stereocenters. The molecule has 308 valence electrons. The Morgan fingerprint density at radius 3 is 1.85 bits per heavy atom. The molecule has 0 saturated carbocycles. The molecule has 0 bridgehead atoms. The van der Waals surface area contributed by atoms with E-state index in [4.69, 9.17) is 14.7 Å². The highest BCUT2D eigenvalue weighted by molar-refractivity contribution is 5.87. The van der Waals surface area contributed by atoms with E-state index in [9.17, 15) is 14.4 Å². The second-order valence-corrected chi connectivity index (χ2v) is 16.6. The Labute approximate surface area is 345 Å². The van der Waals surface area contributed by atoms with E-state index >= 15 is 0 Å². The Morgan fingerprint density at radius 2 is 1.24 bits per heavy atom. The topological polar surface area (TPSA) is 174 Å². The molecule has 2 aromatic carbocycles. The van der Waals surface area contributed by atoms with Crippen molar-refractivity contribution in [3.05, 3.63) is 90.0 Å². The maximum atomic E-state index is 13.9. The van der Waals surface area contributed by atoms with Crippen LogP contribution in [0.4, 0.5) is 10.7 Å². The number of benzene rings is 2. The third-order valence-corrected chi connectivity index (χ3v) is 12.2. The lowest BCUT2D eigenvalue weighted by Crippen LogP contribution is -2.51. The van der Waals surface area contributed by atoms with E-state index in [0.29, 0.717) is 19.0 Å². The Kier molecular flexibility index (Phi) is 11.5. The molecule has 2 fully saturated rings. The van der Waals surface area contributed by atoms with Gasteiger partial charge in [0.1, 0.15) is 23.7 Å². The van der Waals surface area contributed by atoms with Gasteiger partial charge in [0.05, 0.1) is 43.0 Å². The lowest BCUT2D eigenvalue weighted by Gasteiger charge is -2.30. The number of hydrogen-bond donors (Lipinski definition) is 4. The fourth-order valence-corrected chi connectivity index (χ4v) is 9.07. The second kappa shape index (κ2) is 17.0. The standard InChI is InChI=1S/C45H54N10O4/c1-26(2)38(52-44-46-20-9-21-47-44)42(56)54-22-7-12-36(54)40-48-24-34(50-40)29-16-14-28(15-17-29)30-18-19-33(32-11-6-10-31(30)32)35-25-49-41(51-35)37-13-8-23-55(37)43(57)39(27(3)4)53-45(58)59-5/h9,14-21,24-27,36-39H,6-8,10-13,22-23H2,1-5H3,(H,48,50)(H,49,51)(H,53,58)(H,46,47,52). The van der Waals surface area contributed by atoms with Crippen LogP contribution in [0, 0.1) is 11.8 Å². The summed E-state index contributed by atoms with van der Waals surface area (Å²) in [4.78, 5) is 68.7. The highest BCUT2D eigenvalue weighted by atomic mass is 16.5. The summed E-state index contributed by atoms with van der Waals surface area (Å²) in [6.45, 7) is 9.19. The van der Waals surface area contributed by atoms with Gasteiger partial charge in [0, 0.05) is 31.0 Å². The predicted molar refractivity (Wildman–Crippen MR) is 225 cm³/mol. The molecule has 3 aliphatic rings. The third kappa shape index (κ3) is 8.04. The molecule has 5 heterocycles. The van der Waals surface area contributed by atoms with Gasteiger partial charge in [0.25, 0.3) is 0 Å². The number of fused-ring (bicyclic) bond motifs is 1. The van der Waals surface area contributed by atoms with Crippen molar-refractivity contribution < 1.29 is 19.1 Å². The van der Waals surface area contributed by atoms with Gasteiger partial charge in [-0.1, -0.05) is 64.1 Å². The van der Waals surface area contributed by atoms with Crippen LogP contribution in [0.15, 0.2) is 67.3 Å². The molecule has 8 rings (SSSR count). The van der Waals surface area contributed by atoms with Crippen molar-refractivity contribution in [3.8, 4) is 33.6 Å². The van der Waals surface area contributed by atoms with Gasteiger partial charge in [-0.25, -0.2) is 24.7 Å². The summed E-state index contributed by atoms with van der Waals surface area (Å²) in [5.74, 6) is 1.87. The minimum Gasteiger partial charge on any atom is -0.453 e. The first-order valence-corrected chi connectivity index (χ1v) is 21.0. The number of methoxy groups -OCH3 is 1. The monoisotopic (exact) mass is 798 g/mol. The van der Waals surface area contributed by atoms with Crippen LogP contribution in [-0.2, 0) is 27.2 Å². The van der Waals surface area contributed by atoms with Crippen LogP contribution < -0.4 is 10.6 Å². The van der Waals surface area contributed by atoms with Crippen molar-refractivity contribution in [1.29, 1.82) is 0 Å². The number of carbonyl (C=O) groups is 3. The minimum absolute atomic E-state index is 0.0300. The molecule has 14 heteroatoms. The highest BCUT2D eigenvalue weighted by Gasteiger charge is 2.39. The zero-order valence-electron chi connectivity index (χ0n) is 34.5. The number of carbonyl (C=O) groups excluding carboxylic acids is 3. The summed E-state index contributed by atoms with van der Waals surface area (Å²) in [5, 5.41) is 5.99. The molecule has 4 unspecified atom stereocenters. The summed E-state index contributed by atoms with van der Waals surface area (Å²) in [7, 11) is 1.30. The summed E-state index contributed by atoms with van der Waals surface area (Å²) >= 11 is 0. The molecule has 2 saturated heterocycles. The minimum atomic E-state index is -0.679. The molecule has 0 spiro atoms. The molecule has 2 aliphatic heterocycles. The summed E-state index contributed by atoms with van der Waals surface area (Å²) < 4.78 is 4.80. The molecular weight excluding hydrogens is 745 g/mol. The van der Waals surface area contributed by atoms with Gasteiger partial charge in [-0.3, -0.25) is 9.59 Å². The molecule has 14 nitrogen and oxygen atoms in total. The molecule has 3 aromatic heterocycles. The van der Waals surface area contributed by atoms with Crippen LogP contribution >= 0.6 is 0 Å². The van der Waals surface area contributed by atoms with E-state index in [2.05, 4.69) is 67.0 Å². The fraction of sp³-hybridized carbons (Fsp3) is 0.444. The number of imidazole rings is 2. The summed E-state index contributed by atoms with van der Waals surface area (Å²) in [5.41, 5.74) is 9.14. The summed E-state index contributed by atoms with van der Waals surface area (Å²) in [6.07, 6.45) is 13.0. The molecule has 3 amide bonds. The largest absolute Gasteiger partial charge is 0.453 e. The number of ether oxygens (including phenoxy) is 1. The molecule has 4 N–H and O–H groups in total. The maximum absolute atomic E-state index is 13.9. The van der Waals surface area contributed by atoms with Gasteiger partial charge in [-0.15, -0.1) is 0 Å². The maximum Gasteiger partial charge on any atom is 0.407 e. The SMILES string of the molecule is COC(=O)NC(C(=O)N1CCCC1c1ncc(-c2ccc(-c3ccc(-c4cnc(C5CCCN5C(=O)C(Nc5ncccn5)C(C)C)[nH]4)cc3)c3c2CCC3)[nH]1)C(C)C. The number of alkyl carbamates (subject to hydrolysis) is 1. The molecule has 0 radical (unpaired) electrons. The van der Waals surface area contributed by atoms with E-state index in [1.807, 2.05) is 49.9 Å². The lowest BCUT2D eigenvalue weighted by molar-refractivity contribution is -0.135. The first kappa shape index (κ1) is 39.8. The van der Waals surface area contributed by atoms with Crippen LogP contribution in [0.2, 0.25) is 0 Å². The predicted octanol–water partition coefficient (Wildman–Crippen LogP) is 7.26. The Bertz CT molecular complexity index is 2280. The number of rotatable bonds is 12. The van der Waals surface area contributed by atoms with E-state index in [1.54, 1.807) is 18.5 Å². The van der Waals surface area contributed by atoms with Gasteiger partial charge in [-0.2, -0.15) is 0 Å². The number of nitrogens with one attached hydrogen (secondary N) is 4. The number of aromatic nitrogens is 6. The van der Waals surface area contributed by atoms with Crippen LogP contribution in [0.25, 0.3) is 33.6 Å². The van der Waals surface area contributed by atoms with Crippen LogP contribution in [-0.4, -0.2) is 89.9 Å². The normalized spacial score (nSPS) is 18.6. The average Bonchev–Trinajstić information content (AvgIpc) is 4.10. The second-order valence-electron chi connectivity index (χ2n) is 16.6. The number of hydrogen-bond acceptors (Lipinski definition) is 9. The number of anilines is 1. The summed E-state index contributed by atoms with van der Waals surface area (Å²) in [6, 6.07) is 13.4. The lowest BCUT2D eigenvalue weighted by atomic mass is 9.92. The molecule has 1 aliphatic carbocycles. The molecule has 59 heavy (non-hydrogen) atoms. The van der Waals surface area contributed by atoms with E-state index in [-0.39, 0.29) is 35.7 Å². The first-order chi connectivity index (χ1) is 28.6. The quantitative estimate of drug-likeness (QED) is 0.101. The van der Waals surface area contributed by atoms with Crippen molar-refractivity contribution in [2.75, 3.05) is 25.5 Å².